The average molecular weight is 192 g/mol. The molecule has 4 nitrogen and oxygen atoms in total. The van der Waals surface area contributed by atoms with Gasteiger partial charge in [-0.2, -0.15) is 4.98 Å². The van der Waals surface area contributed by atoms with Crippen LogP contribution in [0.15, 0.2) is 12.3 Å². The van der Waals surface area contributed by atoms with Crippen molar-refractivity contribution >= 4 is 5.78 Å². The minimum atomic E-state index is 0.248. The largest absolute Gasteiger partial charge is 0.481 e. The lowest BCUT2D eigenvalue weighted by molar-refractivity contribution is -0.119. The molecule has 0 saturated heterocycles. The van der Waals surface area contributed by atoms with Crippen LogP contribution in [0, 0.1) is 5.92 Å². The molecule has 0 amide bonds. The lowest BCUT2D eigenvalue weighted by Crippen LogP contribution is -2.08. The molecule has 74 valence electrons. The van der Waals surface area contributed by atoms with Crippen molar-refractivity contribution < 1.29 is 9.53 Å². The molecule has 14 heavy (non-hydrogen) atoms. The summed E-state index contributed by atoms with van der Waals surface area (Å²) >= 11 is 0. The molecule has 0 radical (unpaired) electrons. The summed E-state index contributed by atoms with van der Waals surface area (Å²) in [5.74, 6) is 1.59. The highest BCUT2D eigenvalue weighted by Crippen LogP contribution is 2.30. The second kappa shape index (κ2) is 3.74. The number of carbonyl (C=O) groups excluding carboxylic acids is 1. The molecule has 0 aliphatic heterocycles. The maximum atomic E-state index is 11.5. The highest BCUT2D eigenvalue weighted by Gasteiger charge is 2.29. The molecule has 1 heterocycles. The van der Waals surface area contributed by atoms with E-state index in [0.717, 1.165) is 12.8 Å². The minimum absolute atomic E-state index is 0.248. The summed E-state index contributed by atoms with van der Waals surface area (Å²) in [6.07, 6.45) is 4.01. The van der Waals surface area contributed by atoms with Gasteiger partial charge in [0.15, 0.2) is 0 Å². The van der Waals surface area contributed by atoms with Crippen molar-refractivity contribution in [1.82, 2.24) is 9.97 Å². The van der Waals surface area contributed by atoms with Gasteiger partial charge in [-0.1, -0.05) is 0 Å². The van der Waals surface area contributed by atoms with E-state index in [2.05, 4.69) is 9.97 Å². The third-order valence-electron chi connectivity index (χ3n) is 2.25. The minimum Gasteiger partial charge on any atom is -0.481 e. The van der Waals surface area contributed by atoms with E-state index in [4.69, 9.17) is 4.74 Å². The summed E-state index contributed by atoms with van der Waals surface area (Å²) in [4.78, 5) is 19.6. The fourth-order valence-electron chi connectivity index (χ4n) is 1.28. The Labute approximate surface area is 82.3 Å². The van der Waals surface area contributed by atoms with Gasteiger partial charge in [0.05, 0.1) is 13.5 Å². The monoisotopic (exact) mass is 192 g/mol. The predicted molar refractivity (Wildman–Crippen MR) is 50.0 cm³/mol. The number of methoxy groups -OCH3 is 1. The molecule has 0 N–H and O–H groups in total. The Bertz CT molecular complexity index is 348. The van der Waals surface area contributed by atoms with E-state index in [-0.39, 0.29) is 11.7 Å². The van der Waals surface area contributed by atoms with E-state index in [1.54, 1.807) is 19.4 Å². The number of ketones is 1. The van der Waals surface area contributed by atoms with Crippen LogP contribution in [0.5, 0.6) is 5.88 Å². The molecule has 0 aromatic carbocycles. The Morgan fingerprint density at radius 2 is 2.43 bits per heavy atom. The third kappa shape index (κ3) is 2.07. The van der Waals surface area contributed by atoms with Crippen molar-refractivity contribution in [3.63, 3.8) is 0 Å². The second-order valence-electron chi connectivity index (χ2n) is 3.43. The molecule has 0 bridgehead atoms. The Balaban J connectivity index is 2.04. The van der Waals surface area contributed by atoms with Crippen LogP contribution in [0.3, 0.4) is 0 Å². The van der Waals surface area contributed by atoms with Crippen molar-refractivity contribution in [2.45, 2.75) is 19.3 Å². The molecule has 1 saturated carbocycles. The number of rotatable bonds is 4. The normalized spacial score (nSPS) is 15.2. The van der Waals surface area contributed by atoms with E-state index in [9.17, 15) is 4.79 Å². The van der Waals surface area contributed by atoms with Gasteiger partial charge in [0.2, 0.25) is 5.88 Å². The van der Waals surface area contributed by atoms with Gasteiger partial charge in [0.1, 0.15) is 11.6 Å². The zero-order valence-electron chi connectivity index (χ0n) is 8.06. The van der Waals surface area contributed by atoms with E-state index < -0.39 is 0 Å². The fraction of sp³-hybridized carbons (Fsp3) is 0.500. The second-order valence-corrected chi connectivity index (χ2v) is 3.43. The average Bonchev–Trinajstić information content (AvgIpc) is 3.01. The van der Waals surface area contributed by atoms with Crippen molar-refractivity contribution in [3.05, 3.63) is 18.1 Å². The molecule has 2 rings (SSSR count). The van der Waals surface area contributed by atoms with E-state index in [1.165, 1.54) is 0 Å². The molecule has 4 heteroatoms. The number of hydrogen-bond donors (Lipinski definition) is 0. The Morgan fingerprint density at radius 1 is 1.64 bits per heavy atom. The fourth-order valence-corrected chi connectivity index (χ4v) is 1.28. The van der Waals surface area contributed by atoms with E-state index in [1.807, 2.05) is 0 Å². The molecule has 1 aliphatic rings. The van der Waals surface area contributed by atoms with Crippen LogP contribution in [-0.2, 0) is 11.2 Å². The molecule has 1 aromatic rings. The molecule has 0 atom stereocenters. The number of carbonyl (C=O) groups is 1. The molecular weight excluding hydrogens is 180 g/mol. The smallest absolute Gasteiger partial charge is 0.216 e. The van der Waals surface area contributed by atoms with Crippen molar-refractivity contribution in [1.29, 1.82) is 0 Å². The van der Waals surface area contributed by atoms with Crippen molar-refractivity contribution in [2.75, 3.05) is 7.11 Å². The van der Waals surface area contributed by atoms with Crippen LogP contribution in [0.1, 0.15) is 18.7 Å². The van der Waals surface area contributed by atoms with Gasteiger partial charge in [0.25, 0.3) is 0 Å². The SMILES string of the molecule is COc1ccnc(CC(=O)C2CC2)n1. The zero-order chi connectivity index (χ0) is 9.97. The lowest BCUT2D eigenvalue weighted by Gasteiger charge is -2.00. The third-order valence-corrected chi connectivity index (χ3v) is 2.25. The molecular formula is C10H12N2O2. The quantitative estimate of drug-likeness (QED) is 0.714. The van der Waals surface area contributed by atoms with Gasteiger partial charge in [-0.25, -0.2) is 4.98 Å². The first-order valence-corrected chi connectivity index (χ1v) is 4.68. The molecule has 1 fully saturated rings. The summed E-state index contributed by atoms with van der Waals surface area (Å²) in [7, 11) is 1.55. The van der Waals surface area contributed by atoms with Crippen LogP contribution in [0.4, 0.5) is 0 Å². The van der Waals surface area contributed by atoms with E-state index >= 15 is 0 Å². The molecule has 0 spiro atoms. The number of hydrogen-bond acceptors (Lipinski definition) is 4. The summed E-state index contributed by atoms with van der Waals surface area (Å²) < 4.78 is 4.95. The van der Waals surface area contributed by atoms with Crippen LogP contribution >= 0.6 is 0 Å². The number of ether oxygens (including phenoxy) is 1. The number of Topliss-reactive ketones (excluding diaryl/α,β-unsaturated/α-hetero) is 1. The highest BCUT2D eigenvalue weighted by atomic mass is 16.5. The molecule has 0 unspecified atom stereocenters. The van der Waals surface area contributed by atoms with E-state index in [0.29, 0.717) is 18.1 Å². The number of nitrogens with zero attached hydrogens (tertiary/aromatic N) is 2. The van der Waals surface area contributed by atoms with Gasteiger partial charge in [-0.05, 0) is 12.8 Å². The van der Waals surface area contributed by atoms with Gasteiger partial charge in [-0.15, -0.1) is 0 Å². The summed E-state index contributed by atoms with van der Waals surface area (Å²) in [5.41, 5.74) is 0. The lowest BCUT2D eigenvalue weighted by atomic mass is 10.2. The van der Waals surface area contributed by atoms with Gasteiger partial charge in [-0.3, -0.25) is 4.79 Å². The van der Waals surface area contributed by atoms with Gasteiger partial charge >= 0.3 is 0 Å². The maximum Gasteiger partial charge on any atom is 0.216 e. The van der Waals surface area contributed by atoms with Crippen molar-refractivity contribution in [3.8, 4) is 5.88 Å². The number of aromatic nitrogens is 2. The first-order valence-electron chi connectivity index (χ1n) is 4.68. The highest BCUT2D eigenvalue weighted by molar-refractivity contribution is 5.84. The Hall–Kier alpha value is -1.45. The Morgan fingerprint density at radius 3 is 3.07 bits per heavy atom. The van der Waals surface area contributed by atoms with Crippen LogP contribution < -0.4 is 4.74 Å². The summed E-state index contributed by atoms with van der Waals surface area (Å²) in [5, 5.41) is 0. The molecule has 1 aromatic heterocycles. The van der Waals surface area contributed by atoms with Crippen LogP contribution in [-0.4, -0.2) is 22.9 Å². The first-order chi connectivity index (χ1) is 6.79. The zero-order valence-corrected chi connectivity index (χ0v) is 8.06. The Kier molecular flexibility index (Phi) is 2.43. The van der Waals surface area contributed by atoms with Crippen LogP contribution in [0.2, 0.25) is 0 Å². The topological polar surface area (TPSA) is 52.1 Å². The predicted octanol–water partition coefficient (Wildman–Crippen LogP) is 1.01. The van der Waals surface area contributed by atoms with Gasteiger partial charge in [0, 0.05) is 18.2 Å². The summed E-state index contributed by atoms with van der Waals surface area (Å²) in [6, 6.07) is 1.67. The summed E-state index contributed by atoms with van der Waals surface area (Å²) in [6.45, 7) is 0. The first kappa shape index (κ1) is 9.12. The maximum absolute atomic E-state index is 11.5. The van der Waals surface area contributed by atoms with Crippen molar-refractivity contribution in [2.24, 2.45) is 5.92 Å². The van der Waals surface area contributed by atoms with Gasteiger partial charge < -0.3 is 4.74 Å². The van der Waals surface area contributed by atoms with Crippen LogP contribution in [0.25, 0.3) is 0 Å². The standard InChI is InChI=1S/C10H12N2O2/c1-14-10-4-5-11-9(12-10)6-8(13)7-2-3-7/h4-5,7H,2-3,6H2,1H3. The molecule has 1 aliphatic carbocycles.